The smallest absolute Gasteiger partial charge is 0.365 e. The first kappa shape index (κ1) is 31.2. The zero-order valence-corrected chi connectivity index (χ0v) is 24.8. The Balaban J connectivity index is 1.66. The number of hydrogen-bond acceptors (Lipinski definition) is 10. The van der Waals surface area contributed by atoms with E-state index >= 15 is 0 Å². The van der Waals surface area contributed by atoms with Gasteiger partial charge in [-0.2, -0.15) is 0 Å². The first-order valence-electron chi connectivity index (χ1n) is 13.0. The fraction of sp³-hybridized carbons (Fsp3) is 0.321. The molecule has 1 fully saturated rings. The van der Waals surface area contributed by atoms with Crippen LogP contribution in [-0.2, 0) is 37.0 Å². The Morgan fingerprint density at radius 2 is 1.81 bits per heavy atom. The molecule has 2 aromatic carbocycles. The van der Waals surface area contributed by atoms with Gasteiger partial charge in [0.05, 0.1) is 6.10 Å². The molecule has 12 nitrogen and oxygen atoms in total. The lowest BCUT2D eigenvalue weighted by Crippen LogP contribution is -2.45. The molecule has 2 unspecified atom stereocenters. The van der Waals surface area contributed by atoms with Crippen LogP contribution in [0.4, 0.5) is 0 Å². The van der Waals surface area contributed by atoms with Gasteiger partial charge in [-0.1, -0.05) is 48.5 Å². The van der Waals surface area contributed by atoms with Crippen LogP contribution in [0.5, 0.6) is 5.75 Å². The Morgan fingerprint density at radius 3 is 2.43 bits per heavy atom. The highest BCUT2D eigenvalue weighted by molar-refractivity contribution is 8.09. The van der Waals surface area contributed by atoms with Gasteiger partial charge in [-0.3, -0.25) is 19.1 Å². The van der Waals surface area contributed by atoms with Crippen LogP contribution in [0.1, 0.15) is 32.6 Å². The quantitative estimate of drug-likeness (QED) is 0.142. The molecule has 0 aliphatic carbocycles. The minimum atomic E-state index is -3.64. The number of aromatic nitrogens is 2. The molecule has 0 spiro atoms. The van der Waals surface area contributed by atoms with Gasteiger partial charge in [-0.05, 0) is 44.9 Å². The van der Waals surface area contributed by atoms with Crippen LogP contribution in [0, 0.1) is 0 Å². The van der Waals surface area contributed by atoms with E-state index in [9.17, 15) is 24.6 Å². The van der Waals surface area contributed by atoms with Crippen molar-refractivity contribution in [2.24, 2.45) is 0 Å². The molecule has 0 amide bonds. The summed E-state index contributed by atoms with van der Waals surface area (Å²) in [4.78, 5) is 39.1. The molecule has 4 N–H and O–H groups in total. The molecule has 224 valence electrons. The minimum Gasteiger partial charge on any atom is -0.465 e. The molecule has 1 aromatic heterocycles. The van der Waals surface area contributed by atoms with Gasteiger partial charge in [0.2, 0.25) is 6.23 Å². The summed E-state index contributed by atoms with van der Waals surface area (Å²) in [5.74, 6) is -0.492. The maximum Gasteiger partial charge on any atom is 0.365 e. The molecule has 0 radical (unpaired) electrons. The highest BCUT2D eigenvalue weighted by Gasteiger charge is 2.52. The van der Waals surface area contributed by atoms with Crippen molar-refractivity contribution in [2.45, 2.75) is 57.3 Å². The fourth-order valence-electron chi connectivity index (χ4n) is 4.13. The number of ether oxygens (including phenoxy) is 2. The van der Waals surface area contributed by atoms with Gasteiger partial charge < -0.3 is 28.7 Å². The van der Waals surface area contributed by atoms with Crippen molar-refractivity contribution in [3.8, 4) is 5.75 Å². The van der Waals surface area contributed by atoms with Gasteiger partial charge >= 0.3 is 18.3 Å². The van der Waals surface area contributed by atoms with Gasteiger partial charge in [0, 0.05) is 24.1 Å². The number of rotatable bonds is 11. The van der Waals surface area contributed by atoms with E-state index in [1.54, 1.807) is 44.2 Å². The number of nitrogens with one attached hydrogen (secondary N) is 2. The maximum atomic E-state index is 13.1. The number of para-hydroxylation sites is 1. The number of carbonyl (C=O) groups excluding carboxylic acids is 1. The van der Waals surface area contributed by atoms with E-state index in [4.69, 9.17) is 30.3 Å². The molecule has 1 saturated heterocycles. The third-order valence-corrected chi connectivity index (χ3v) is 8.44. The van der Waals surface area contributed by atoms with Crippen molar-refractivity contribution in [3.05, 3.63) is 111 Å². The van der Waals surface area contributed by atoms with E-state index in [0.29, 0.717) is 5.75 Å². The van der Waals surface area contributed by atoms with Crippen molar-refractivity contribution in [3.63, 3.8) is 0 Å². The number of carbonyl (C=O) groups is 1. The Labute approximate surface area is 246 Å². The molecule has 2 heterocycles. The molecular formula is C28H32N3O9PS. The van der Waals surface area contributed by atoms with E-state index in [0.717, 1.165) is 28.7 Å². The van der Waals surface area contributed by atoms with Crippen LogP contribution in [0.15, 0.2) is 94.5 Å². The molecule has 3 aromatic rings. The van der Waals surface area contributed by atoms with Crippen LogP contribution in [0.2, 0.25) is 0 Å². The largest absolute Gasteiger partial charge is 0.465 e. The lowest BCUT2D eigenvalue weighted by atomic mass is 9.99. The first-order chi connectivity index (χ1) is 19.9. The Hall–Kier alpha value is -3.74. The standard InChI is InChI=1S/C28H32N3O9PS/c1-18(2)38-25(34)21(16-19-10-6-4-7-11-19)30-41(42,40-20-12-8-5-9-13-20)37-17-22-24(33)28(3,36)26(39-22)31-15-14-23(32)29-27(31)35/h4-15,17-18,21,24,26,33,36H,16H2,1-3H3,(H,30,42)(H,29,32,35)/b22-17+/t21?,24-,26-,28-,41?/m1/s1. The summed E-state index contributed by atoms with van der Waals surface area (Å²) < 4.78 is 24.1. The van der Waals surface area contributed by atoms with E-state index in [-0.39, 0.29) is 12.2 Å². The van der Waals surface area contributed by atoms with Gasteiger partial charge in [0.15, 0.2) is 11.4 Å². The first-order valence-corrected chi connectivity index (χ1v) is 15.7. The second-order valence-corrected chi connectivity index (χ2v) is 13.1. The normalized spacial score (nSPS) is 23.1. The van der Waals surface area contributed by atoms with Crippen molar-refractivity contribution >= 4 is 24.4 Å². The highest BCUT2D eigenvalue weighted by atomic mass is 32.5. The zero-order chi connectivity index (χ0) is 30.5. The molecule has 14 heteroatoms. The third-order valence-electron chi connectivity index (χ3n) is 6.18. The van der Waals surface area contributed by atoms with E-state index in [2.05, 4.69) is 10.1 Å². The third kappa shape index (κ3) is 7.55. The molecule has 0 saturated carbocycles. The predicted molar refractivity (Wildman–Crippen MR) is 157 cm³/mol. The summed E-state index contributed by atoms with van der Waals surface area (Å²) >= 11 is 5.81. The summed E-state index contributed by atoms with van der Waals surface area (Å²) in [5, 5.41) is 24.9. The van der Waals surface area contributed by atoms with E-state index in [1.807, 2.05) is 30.3 Å². The number of aromatic amines is 1. The number of hydrogen-bond donors (Lipinski definition) is 4. The van der Waals surface area contributed by atoms with Gasteiger partial charge in [0.25, 0.3) is 5.56 Å². The Bertz CT molecular complexity index is 1570. The summed E-state index contributed by atoms with van der Waals surface area (Å²) in [6.45, 7) is 1.07. The van der Waals surface area contributed by atoms with Crippen LogP contribution in [0.3, 0.4) is 0 Å². The van der Waals surface area contributed by atoms with Crippen molar-refractivity contribution in [1.82, 2.24) is 14.6 Å². The molecule has 1 aliphatic rings. The SMILES string of the molecule is CC(C)OC(=O)C(Cc1ccccc1)NP(=S)(O/C=C1/O[C@@H](n2ccc(=O)[nH]c2=O)[C@](C)(O)[C@@H]1O)Oc1ccccc1. The number of nitrogens with zero attached hydrogens (tertiary/aromatic N) is 1. The van der Waals surface area contributed by atoms with Gasteiger partial charge in [0.1, 0.15) is 24.2 Å². The second-order valence-electron chi connectivity index (χ2n) is 10.0. The summed E-state index contributed by atoms with van der Waals surface area (Å²) in [7, 11) is 0. The van der Waals surface area contributed by atoms with E-state index in [1.165, 1.54) is 6.92 Å². The highest BCUT2D eigenvalue weighted by Crippen LogP contribution is 2.48. The van der Waals surface area contributed by atoms with E-state index < -0.39 is 53.9 Å². The van der Waals surface area contributed by atoms with Crippen molar-refractivity contribution in [1.29, 1.82) is 0 Å². The second kappa shape index (κ2) is 13.1. The topological polar surface area (TPSA) is 161 Å². The number of H-pyrrole nitrogens is 1. The van der Waals surface area contributed by atoms with Crippen LogP contribution >= 0.6 is 6.64 Å². The molecule has 42 heavy (non-hydrogen) atoms. The maximum absolute atomic E-state index is 13.1. The molecule has 4 rings (SSSR count). The lowest BCUT2D eigenvalue weighted by molar-refractivity contribution is -0.149. The molecule has 0 bridgehead atoms. The number of benzene rings is 2. The van der Waals surface area contributed by atoms with Gasteiger partial charge in [-0.15, -0.1) is 0 Å². The summed E-state index contributed by atoms with van der Waals surface area (Å²) in [6, 6.07) is 17.9. The van der Waals surface area contributed by atoms with Crippen molar-refractivity contribution < 1.29 is 33.5 Å². The zero-order valence-electron chi connectivity index (χ0n) is 23.1. The van der Waals surface area contributed by atoms with Gasteiger partial charge in [-0.25, -0.2) is 9.88 Å². The monoisotopic (exact) mass is 617 g/mol. The summed E-state index contributed by atoms with van der Waals surface area (Å²) in [5.41, 5.74) is -2.67. The summed E-state index contributed by atoms with van der Waals surface area (Å²) in [6.07, 6.45) is -1.15. The molecule has 5 atom stereocenters. The Kier molecular flexibility index (Phi) is 9.70. The van der Waals surface area contributed by atoms with Crippen LogP contribution in [0.25, 0.3) is 0 Å². The van der Waals surface area contributed by atoms with Crippen LogP contribution in [-0.4, -0.2) is 49.6 Å². The average molecular weight is 618 g/mol. The number of esters is 1. The van der Waals surface area contributed by atoms with Crippen LogP contribution < -0.4 is 20.9 Å². The fourth-order valence-corrected chi connectivity index (χ4v) is 6.28. The van der Waals surface area contributed by atoms with Crippen molar-refractivity contribution in [2.75, 3.05) is 0 Å². The average Bonchev–Trinajstić information content (AvgIpc) is 3.16. The molecular weight excluding hydrogens is 585 g/mol. The number of aliphatic hydroxyl groups is 2. The molecule has 1 aliphatic heterocycles. The minimum absolute atomic E-state index is 0.202. The Morgan fingerprint density at radius 1 is 1.17 bits per heavy atom. The predicted octanol–water partition coefficient (Wildman–Crippen LogP) is 2.49. The lowest BCUT2D eigenvalue weighted by Gasteiger charge is -2.27. The number of aliphatic hydroxyl groups excluding tert-OH is 1.